The van der Waals surface area contributed by atoms with Crippen LogP contribution in [0.4, 0.5) is 5.69 Å². The lowest BCUT2D eigenvalue weighted by atomic mass is 9.97. The topological polar surface area (TPSA) is 66.9 Å². The molecule has 166 valence electrons. The first-order valence-electron chi connectivity index (χ1n) is 11.0. The van der Waals surface area contributed by atoms with Crippen molar-refractivity contribution in [3.8, 4) is 5.75 Å². The van der Waals surface area contributed by atoms with E-state index in [1.165, 1.54) is 13.2 Å². The zero-order chi connectivity index (χ0) is 22.0. The number of benzene rings is 2. The molecule has 4 rings (SSSR count). The van der Waals surface area contributed by atoms with Crippen LogP contribution in [0.1, 0.15) is 53.6 Å². The van der Waals surface area contributed by atoms with Crippen molar-refractivity contribution in [1.82, 2.24) is 4.31 Å². The Bertz CT molecular complexity index is 1070. The molecule has 2 aromatic carbocycles. The van der Waals surface area contributed by atoms with Crippen molar-refractivity contribution in [2.45, 2.75) is 50.3 Å². The van der Waals surface area contributed by atoms with Crippen molar-refractivity contribution in [2.24, 2.45) is 0 Å². The van der Waals surface area contributed by atoms with E-state index in [1.807, 2.05) is 19.1 Å². The highest BCUT2D eigenvalue weighted by Crippen LogP contribution is 2.34. The standard InChI is InChI=1S/C24H30N2O4S/c1-18-9-7-10-19-11-8-16-26(23(18)19)24(27)21-17-20(12-13-22(21)30-2)31(28,29)25-14-5-3-4-6-15-25/h7,9-10,12-13,17H,3-6,8,11,14-16H2,1-2H3. The second kappa shape index (κ2) is 9.01. The highest BCUT2D eigenvalue weighted by molar-refractivity contribution is 7.89. The van der Waals surface area contributed by atoms with Crippen molar-refractivity contribution in [3.05, 3.63) is 53.1 Å². The number of methoxy groups -OCH3 is 1. The predicted octanol–water partition coefficient (Wildman–Crippen LogP) is 4.16. The molecule has 0 radical (unpaired) electrons. The number of rotatable bonds is 4. The van der Waals surface area contributed by atoms with E-state index in [1.54, 1.807) is 21.3 Å². The number of hydrogen-bond acceptors (Lipinski definition) is 4. The molecule has 0 unspecified atom stereocenters. The Morgan fingerprint density at radius 1 is 0.968 bits per heavy atom. The molecule has 0 bridgehead atoms. The summed E-state index contributed by atoms with van der Waals surface area (Å²) in [4.78, 5) is 15.6. The van der Waals surface area contributed by atoms with Crippen LogP contribution in [0.25, 0.3) is 0 Å². The average molecular weight is 443 g/mol. The third-order valence-corrected chi connectivity index (χ3v) is 8.16. The van der Waals surface area contributed by atoms with Crippen LogP contribution < -0.4 is 9.64 Å². The number of aryl methyl sites for hydroxylation is 2. The van der Waals surface area contributed by atoms with Gasteiger partial charge in [-0.3, -0.25) is 4.79 Å². The van der Waals surface area contributed by atoms with E-state index in [2.05, 4.69) is 6.07 Å². The van der Waals surface area contributed by atoms with E-state index in [0.29, 0.717) is 25.4 Å². The van der Waals surface area contributed by atoms with E-state index in [-0.39, 0.29) is 16.4 Å². The molecule has 0 aromatic heterocycles. The Hall–Kier alpha value is -2.38. The maximum absolute atomic E-state index is 13.6. The molecule has 6 nitrogen and oxygen atoms in total. The number of hydrogen-bond donors (Lipinski definition) is 0. The minimum atomic E-state index is -3.66. The summed E-state index contributed by atoms with van der Waals surface area (Å²) in [6.45, 7) is 3.65. The van der Waals surface area contributed by atoms with Crippen LogP contribution in [-0.4, -0.2) is 45.4 Å². The number of fused-ring (bicyclic) bond motifs is 1. The summed E-state index contributed by atoms with van der Waals surface area (Å²) < 4.78 is 33.6. The van der Waals surface area contributed by atoms with Gasteiger partial charge in [0.15, 0.2) is 0 Å². The molecule has 2 aliphatic heterocycles. The Balaban J connectivity index is 1.73. The van der Waals surface area contributed by atoms with Gasteiger partial charge in [0.1, 0.15) is 5.75 Å². The van der Waals surface area contributed by atoms with E-state index in [4.69, 9.17) is 4.74 Å². The fraction of sp³-hybridized carbons (Fsp3) is 0.458. The average Bonchev–Trinajstić information content (AvgIpc) is 3.08. The van der Waals surface area contributed by atoms with E-state index in [9.17, 15) is 13.2 Å². The molecule has 0 atom stereocenters. The van der Waals surface area contributed by atoms with Crippen molar-refractivity contribution in [2.75, 3.05) is 31.6 Å². The Kier molecular flexibility index (Phi) is 6.34. The molecule has 0 saturated carbocycles. The van der Waals surface area contributed by atoms with Crippen LogP contribution in [0, 0.1) is 6.92 Å². The molecule has 7 heteroatoms. The Labute approximate surface area is 184 Å². The van der Waals surface area contributed by atoms with E-state index >= 15 is 0 Å². The number of amides is 1. The van der Waals surface area contributed by atoms with Crippen LogP contribution in [-0.2, 0) is 16.4 Å². The molecule has 1 saturated heterocycles. The first kappa shape index (κ1) is 21.8. The van der Waals surface area contributed by atoms with Gasteiger partial charge in [-0.05, 0) is 61.9 Å². The minimum Gasteiger partial charge on any atom is -0.496 e. The number of anilines is 1. The lowest BCUT2D eigenvalue weighted by Gasteiger charge is -2.31. The lowest BCUT2D eigenvalue weighted by Crippen LogP contribution is -2.36. The van der Waals surface area contributed by atoms with Gasteiger partial charge in [-0.15, -0.1) is 0 Å². The normalized spacial score (nSPS) is 17.7. The summed E-state index contributed by atoms with van der Waals surface area (Å²) >= 11 is 0. The highest BCUT2D eigenvalue weighted by atomic mass is 32.2. The summed E-state index contributed by atoms with van der Waals surface area (Å²) in [5, 5.41) is 0. The maximum atomic E-state index is 13.6. The number of sulfonamides is 1. The third kappa shape index (κ3) is 4.21. The Morgan fingerprint density at radius 2 is 1.71 bits per heavy atom. The summed E-state index contributed by atoms with van der Waals surface area (Å²) in [6, 6.07) is 10.7. The van der Waals surface area contributed by atoms with Crippen LogP contribution in [0.2, 0.25) is 0 Å². The largest absolute Gasteiger partial charge is 0.496 e. The molecule has 2 heterocycles. The second-order valence-corrected chi connectivity index (χ2v) is 10.3. The van der Waals surface area contributed by atoms with Gasteiger partial charge >= 0.3 is 0 Å². The van der Waals surface area contributed by atoms with Crippen LogP contribution >= 0.6 is 0 Å². The van der Waals surface area contributed by atoms with Gasteiger partial charge in [-0.2, -0.15) is 4.31 Å². The molecule has 0 aliphatic carbocycles. The molecule has 2 aromatic rings. The summed E-state index contributed by atoms with van der Waals surface area (Å²) in [6.07, 6.45) is 5.63. The third-order valence-electron chi connectivity index (χ3n) is 6.27. The lowest BCUT2D eigenvalue weighted by molar-refractivity contribution is 0.0981. The molecular formula is C24H30N2O4S. The van der Waals surface area contributed by atoms with Crippen molar-refractivity contribution in [3.63, 3.8) is 0 Å². The SMILES string of the molecule is COc1ccc(S(=O)(=O)N2CCCCCC2)cc1C(=O)N1CCCc2cccc(C)c21. The number of ether oxygens (including phenoxy) is 1. The smallest absolute Gasteiger partial charge is 0.262 e. The van der Waals surface area contributed by atoms with Gasteiger partial charge in [-0.1, -0.05) is 31.0 Å². The van der Waals surface area contributed by atoms with Crippen LogP contribution in [0.15, 0.2) is 41.3 Å². The van der Waals surface area contributed by atoms with Crippen molar-refractivity contribution in [1.29, 1.82) is 0 Å². The fourth-order valence-corrected chi connectivity index (χ4v) is 6.19. The summed E-state index contributed by atoms with van der Waals surface area (Å²) in [5.74, 6) is 0.167. The van der Waals surface area contributed by atoms with Crippen molar-refractivity contribution >= 4 is 21.6 Å². The second-order valence-electron chi connectivity index (χ2n) is 8.32. The summed E-state index contributed by atoms with van der Waals surface area (Å²) in [7, 11) is -2.15. The zero-order valence-corrected chi connectivity index (χ0v) is 19.1. The van der Waals surface area contributed by atoms with Crippen LogP contribution in [0.3, 0.4) is 0 Å². The first-order valence-corrected chi connectivity index (χ1v) is 12.5. The van der Waals surface area contributed by atoms with Gasteiger partial charge in [-0.25, -0.2) is 8.42 Å². The minimum absolute atomic E-state index is 0.153. The first-order chi connectivity index (χ1) is 14.9. The Morgan fingerprint density at radius 3 is 2.42 bits per heavy atom. The van der Waals surface area contributed by atoms with Gasteiger partial charge < -0.3 is 9.64 Å². The zero-order valence-electron chi connectivity index (χ0n) is 18.3. The number of para-hydroxylation sites is 1. The molecule has 0 spiro atoms. The molecule has 2 aliphatic rings. The van der Waals surface area contributed by atoms with Crippen LogP contribution in [0.5, 0.6) is 5.75 Å². The van der Waals surface area contributed by atoms with Gasteiger partial charge in [0, 0.05) is 19.6 Å². The molecular weight excluding hydrogens is 412 g/mol. The molecule has 1 fully saturated rings. The predicted molar refractivity (Wildman–Crippen MR) is 121 cm³/mol. The monoisotopic (exact) mass is 442 g/mol. The summed E-state index contributed by atoms with van der Waals surface area (Å²) in [5.41, 5.74) is 3.40. The van der Waals surface area contributed by atoms with Gasteiger partial charge in [0.25, 0.3) is 5.91 Å². The number of carbonyl (C=O) groups excluding carboxylic acids is 1. The maximum Gasteiger partial charge on any atom is 0.262 e. The van der Waals surface area contributed by atoms with E-state index in [0.717, 1.165) is 55.3 Å². The van der Waals surface area contributed by atoms with Gasteiger partial charge in [0.05, 0.1) is 23.3 Å². The molecule has 31 heavy (non-hydrogen) atoms. The van der Waals surface area contributed by atoms with Crippen molar-refractivity contribution < 1.29 is 17.9 Å². The molecule has 0 N–H and O–H groups in total. The quantitative estimate of drug-likeness (QED) is 0.713. The van der Waals surface area contributed by atoms with E-state index < -0.39 is 10.0 Å². The van der Waals surface area contributed by atoms with Gasteiger partial charge in [0.2, 0.25) is 10.0 Å². The molecule has 1 amide bonds. The highest BCUT2D eigenvalue weighted by Gasteiger charge is 2.30. The number of carbonyl (C=O) groups is 1. The number of nitrogens with zero attached hydrogens (tertiary/aromatic N) is 2. The fourth-order valence-electron chi connectivity index (χ4n) is 4.64.